The second-order valence-electron chi connectivity index (χ2n) is 26.1. The van der Waals surface area contributed by atoms with Crippen LogP contribution in [0.2, 0.25) is 0 Å². The van der Waals surface area contributed by atoms with Crippen LogP contribution in [0.3, 0.4) is 0 Å². The zero-order valence-electron chi connectivity index (χ0n) is 72.8. The van der Waals surface area contributed by atoms with Gasteiger partial charge in [0.25, 0.3) is 0 Å². The molecule has 0 rings (SSSR count). The molecular weight excluding hydrogens is 1650 g/mol. The van der Waals surface area contributed by atoms with Gasteiger partial charge in [0, 0.05) is 13.2 Å². The Balaban J connectivity index is 7.09. The number of hydrogen-bond donors (Lipinski definition) is 10. The number of aliphatic hydroxyl groups is 10. The van der Waals surface area contributed by atoms with Crippen molar-refractivity contribution < 1.29 is 188 Å². The summed E-state index contributed by atoms with van der Waals surface area (Å²) in [6, 6.07) is 0. The molecule has 0 aromatic carbocycles. The van der Waals surface area contributed by atoms with Gasteiger partial charge >= 0.3 is 0 Å². The molecule has 0 bridgehead atoms. The highest BCUT2D eigenvalue weighted by Crippen LogP contribution is 2.43. The summed E-state index contributed by atoms with van der Waals surface area (Å²) in [4.78, 5) is 0. The van der Waals surface area contributed by atoms with Gasteiger partial charge in [-0.15, -0.1) is 0 Å². The maximum Gasteiger partial charge on any atom is 0.126 e. The number of ether oxygens (including phenoxy) is 29. The first kappa shape index (κ1) is 120. The summed E-state index contributed by atoms with van der Waals surface area (Å²) in [5.74, 6) is 2.58. The zero-order chi connectivity index (χ0) is 87.6. The van der Waals surface area contributed by atoms with Crippen molar-refractivity contribution in [3.05, 3.63) is 0 Å². The van der Waals surface area contributed by atoms with Crippen molar-refractivity contribution in [2.45, 2.75) is 87.0 Å². The first-order chi connectivity index (χ1) is 59.9. The zero-order valence-corrected chi connectivity index (χ0v) is 74.4. The molecule has 0 saturated carbocycles. The van der Waals surface area contributed by atoms with E-state index in [-0.39, 0.29) is 185 Å². The molecule has 0 aromatic heterocycles. The van der Waals surface area contributed by atoms with Gasteiger partial charge in [-0.3, -0.25) is 0 Å². The Morgan fingerprint density at radius 1 is 0.157 bits per heavy atom. The largest absolute Gasteiger partial charge is 0.396 e. The van der Waals surface area contributed by atoms with Gasteiger partial charge in [0.2, 0.25) is 0 Å². The third-order valence-corrected chi connectivity index (χ3v) is 19.2. The Bertz CT molecular complexity index is 1700. The van der Waals surface area contributed by atoms with Crippen LogP contribution in [-0.4, -0.2) is 519 Å². The molecule has 121 heavy (non-hydrogen) atoms. The molecule has 4 atom stereocenters. The predicted molar refractivity (Wildman–Crippen MR) is 448 cm³/mol. The minimum Gasteiger partial charge on any atom is -0.396 e. The van der Waals surface area contributed by atoms with Gasteiger partial charge in [0.05, 0.1) is 396 Å². The monoisotopic (exact) mass is 1810 g/mol. The van der Waals surface area contributed by atoms with Crippen molar-refractivity contribution in [3.63, 3.8) is 0 Å². The molecule has 0 spiro atoms. The number of thioether (sulfide) groups is 2. The van der Waals surface area contributed by atoms with Crippen LogP contribution in [0, 0.1) is 0 Å². The lowest BCUT2D eigenvalue weighted by molar-refractivity contribution is -0.324. The van der Waals surface area contributed by atoms with Crippen molar-refractivity contribution in [2.75, 3.05) is 433 Å². The minimum atomic E-state index is -1.86. The van der Waals surface area contributed by atoms with Crippen molar-refractivity contribution in [1.29, 1.82) is 0 Å². The van der Waals surface area contributed by atoms with E-state index in [9.17, 15) is 30.6 Å². The Kier molecular flexibility index (Phi) is 101. The fraction of sp³-hybridized carbons (Fsp3) is 1.00. The molecule has 0 saturated heterocycles. The third kappa shape index (κ3) is 77.6. The van der Waals surface area contributed by atoms with Gasteiger partial charge in [-0.1, -0.05) is 0 Å². The summed E-state index contributed by atoms with van der Waals surface area (Å²) >= 11 is 3.31. The quantitative estimate of drug-likeness (QED) is 0.0324. The van der Waals surface area contributed by atoms with E-state index in [1.54, 1.807) is 23.5 Å². The normalized spacial score (nSPS) is 14.0. The fourth-order valence-electron chi connectivity index (χ4n) is 11.0. The van der Waals surface area contributed by atoms with E-state index in [0.29, 0.717) is 249 Å². The van der Waals surface area contributed by atoms with Crippen LogP contribution in [0.4, 0.5) is 0 Å². The van der Waals surface area contributed by atoms with Crippen molar-refractivity contribution in [1.82, 2.24) is 0 Å². The average molecular weight is 1810 g/mol. The minimum absolute atomic E-state index is 0.0308. The smallest absolute Gasteiger partial charge is 0.126 e. The van der Waals surface area contributed by atoms with E-state index >= 15 is 0 Å². The number of rotatable bonds is 110. The summed E-state index contributed by atoms with van der Waals surface area (Å²) in [5.41, 5.74) is -3.72. The van der Waals surface area contributed by atoms with Gasteiger partial charge in [0.1, 0.15) is 35.6 Å². The van der Waals surface area contributed by atoms with Crippen LogP contribution in [0.25, 0.3) is 0 Å². The molecule has 41 heteroatoms. The maximum atomic E-state index is 12.0. The lowest BCUT2D eigenvalue weighted by Gasteiger charge is -2.54. The highest BCUT2D eigenvalue weighted by molar-refractivity contribution is 7.99. The van der Waals surface area contributed by atoms with Crippen LogP contribution in [0.15, 0.2) is 0 Å². The topological polar surface area (TPSA) is 470 Å². The lowest BCUT2D eigenvalue weighted by atomic mass is 9.80. The van der Waals surface area contributed by atoms with Gasteiger partial charge < -0.3 is 188 Å². The van der Waals surface area contributed by atoms with Gasteiger partial charge in [-0.05, 0) is 74.4 Å². The molecule has 728 valence electrons. The van der Waals surface area contributed by atoms with Crippen molar-refractivity contribution in [2.24, 2.45) is 0 Å². The van der Waals surface area contributed by atoms with Gasteiger partial charge in [0.15, 0.2) is 0 Å². The molecule has 4 unspecified atom stereocenters. The molecule has 0 amide bonds. The summed E-state index contributed by atoms with van der Waals surface area (Å²) in [7, 11) is 0. The second kappa shape index (κ2) is 101. The number of unbranched alkanes of at least 4 members (excludes halogenated alkanes) is 2. The summed E-state index contributed by atoms with van der Waals surface area (Å²) < 4.78 is 170. The first-order valence-electron chi connectivity index (χ1n) is 43.2. The Hall–Kier alpha value is -0.860. The van der Waals surface area contributed by atoms with E-state index in [4.69, 9.17) is 158 Å². The van der Waals surface area contributed by atoms with E-state index < -0.39 is 62.0 Å². The van der Waals surface area contributed by atoms with Crippen LogP contribution >= 0.6 is 23.5 Å². The van der Waals surface area contributed by atoms with Gasteiger partial charge in [-0.2, -0.15) is 23.5 Å². The molecule has 39 nitrogen and oxygen atoms in total. The van der Waals surface area contributed by atoms with Crippen LogP contribution in [0.1, 0.15) is 51.4 Å². The molecular formula is C80H162O39S2. The molecule has 0 fully saturated rings. The Morgan fingerprint density at radius 2 is 0.298 bits per heavy atom. The van der Waals surface area contributed by atoms with Gasteiger partial charge in [-0.25, -0.2) is 0 Å². The summed E-state index contributed by atoms with van der Waals surface area (Å²) in [6.07, 6.45) is -1.57. The maximum absolute atomic E-state index is 12.0. The third-order valence-electron chi connectivity index (χ3n) is 16.9. The van der Waals surface area contributed by atoms with Crippen molar-refractivity contribution >= 4 is 23.5 Å². The molecule has 0 heterocycles. The average Bonchev–Trinajstić information content (AvgIpc) is 0.749. The van der Waals surface area contributed by atoms with E-state index in [2.05, 4.69) is 0 Å². The summed E-state index contributed by atoms with van der Waals surface area (Å²) in [5, 5.41) is 102. The highest BCUT2D eigenvalue weighted by atomic mass is 32.2. The van der Waals surface area contributed by atoms with Crippen LogP contribution in [0.5, 0.6) is 0 Å². The fourth-order valence-corrected chi connectivity index (χ4v) is 12.9. The summed E-state index contributed by atoms with van der Waals surface area (Å²) in [6.45, 7) is 11.4. The molecule has 0 aliphatic heterocycles. The number of hydrogen-bond acceptors (Lipinski definition) is 41. The van der Waals surface area contributed by atoms with Crippen molar-refractivity contribution in [3.8, 4) is 0 Å². The number of aliphatic hydroxyl groups excluding tert-OH is 10. The molecule has 0 aliphatic carbocycles. The SMILES string of the molecule is OCCCCSCCCC(OC(CCCSCCCCO)(C(CO)OCCOCCOCCOCCOCCOCCOCCO)C(CO)OCCOCCOCCOCCOCCOCCOCCO)(C(CO)OCCOCCOCCOCCOCCOCCOCCO)C(CO)OCCOCCOCCOCCOCCOCCOCCO. The Labute approximate surface area is 728 Å². The van der Waals surface area contributed by atoms with E-state index in [0.717, 1.165) is 24.3 Å². The molecule has 0 radical (unpaired) electrons. The first-order valence-corrected chi connectivity index (χ1v) is 45.5. The molecule has 0 aliphatic rings. The van der Waals surface area contributed by atoms with Crippen LogP contribution in [-0.2, 0) is 137 Å². The van der Waals surface area contributed by atoms with Crippen LogP contribution < -0.4 is 0 Å². The Morgan fingerprint density at radius 3 is 0.438 bits per heavy atom. The molecule has 0 aromatic rings. The highest BCUT2D eigenvalue weighted by Gasteiger charge is 2.58. The standard InChI is InChI=1S/C80H162O39S2/c81-9-1-3-67-120-69-5-7-79(75(71-87)115-63-59-111-55-51-107-47-43-103-39-35-99-31-27-95-23-19-91-15-11-83,76(72-88)116-64-60-112-56-52-108-48-44-104-40-36-100-32-28-96-24-20-92-16-12-84)119-80(8-6-70-121-68-4-2-10-82,77(73-89)117-65-61-113-57-53-109-49-45-105-41-37-101-33-29-97-25-21-93-17-13-85)78(74-90)118-66-62-114-58-54-110-50-46-106-42-38-102-34-30-98-26-22-94-18-14-86/h75-78,81-90H,1-74H2. The lowest BCUT2D eigenvalue weighted by Crippen LogP contribution is -2.69. The van der Waals surface area contributed by atoms with E-state index in [1.165, 1.54) is 0 Å². The predicted octanol–water partition coefficient (Wildman–Crippen LogP) is -1.07. The molecule has 10 N–H and O–H groups in total. The van der Waals surface area contributed by atoms with E-state index in [1.807, 2.05) is 0 Å². The second-order valence-corrected chi connectivity index (χ2v) is 28.5.